The van der Waals surface area contributed by atoms with E-state index >= 15 is 0 Å². The van der Waals surface area contributed by atoms with Gasteiger partial charge in [0.25, 0.3) is 0 Å². The van der Waals surface area contributed by atoms with E-state index in [1.165, 1.54) is 24.3 Å². The Morgan fingerprint density at radius 2 is 1.67 bits per heavy atom. The van der Waals surface area contributed by atoms with Gasteiger partial charge in [-0.25, -0.2) is 17.6 Å². The van der Waals surface area contributed by atoms with Crippen LogP contribution in [-0.4, -0.2) is 60.2 Å². The Bertz CT molecular complexity index is 1210. The molecular weight excluding hydrogens is 559 g/mol. The van der Waals surface area contributed by atoms with Crippen LogP contribution in [0.15, 0.2) is 24.3 Å². The molecule has 2 bridgehead atoms. The van der Waals surface area contributed by atoms with E-state index in [-0.39, 0.29) is 35.7 Å². The smallest absolute Gasteiger partial charge is 0.332 e. The van der Waals surface area contributed by atoms with Gasteiger partial charge in [0.15, 0.2) is 6.04 Å². The van der Waals surface area contributed by atoms with Gasteiger partial charge >= 0.3 is 5.97 Å². The van der Waals surface area contributed by atoms with Crippen molar-refractivity contribution in [2.75, 3.05) is 5.75 Å². The van der Waals surface area contributed by atoms with E-state index in [0.717, 1.165) is 70.6 Å². The Labute approximate surface area is 249 Å². The number of ether oxygens (including phenoxy) is 1. The highest BCUT2D eigenvalue weighted by Crippen LogP contribution is 2.67. The van der Waals surface area contributed by atoms with Gasteiger partial charge in [-0.1, -0.05) is 70.6 Å². The highest BCUT2D eigenvalue weighted by atomic mass is 32.2. The number of aliphatic hydroxyl groups excluding tert-OH is 1. The topological polar surface area (TPSA) is 113 Å². The van der Waals surface area contributed by atoms with Gasteiger partial charge in [-0.2, -0.15) is 4.31 Å². The van der Waals surface area contributed by atoms with Crippen molar-refractivity contribution in [1.82, 2.24) is 9.62 Å². The number of hydrogen-bond donors (Lipinski definition) is 2. The van der Waals surface area contributed by atoms with Crippen LogP contribution in [0.3, 0.4) is 0 Å². The lowest BCUT2D eigenvalue weighted by Crippen LogP contribution is -2.55. The molecule has 0 aromatic heterocycles. The number of nitrogens with one attached hydrogen (secondary N) is 1. The van der Waals surface area contributed by atoms with E-state index in [2.05, 4.69) is 19.2 Å². The SMILES string of the molecule is CC1(C)[C@@H]2CC[C@@]1(CS(=O)(=O)N(C1CCCCC1)C1CCCCC1)[C@H](OC(=O)[C@@H](NC=O)[C@H](O)c1ccccc1F)C2. The van der Waals surface area contributed by atoms with Crippen molar-refractivity contribution >= 4 is 22.4 Å². The second kappa shape index (κ2) is 12.5. The van der Waals surface area contributed by atoms with Crippen LogP contribution < -0.4 is 5.32 Å². The molecule has 5 atom stereocenters. The summed E-state index contributed by atoms with van der Waals surface area (Å²) in [6, 6.07) is 4.03. The molecule has 0 unspecified atom stereocenters. The molecule has 4 saturated carbocycles. The van der Waals surface area contributed by atoms with Crippen molar-refractivity contribution in [3.05, 3.63) is 35.6 Å². The Morgan fingerprint density at radius 1 is 1.07 bits per heavy atom. The molecule has 10 heteroatoms. The number of hydrogen-bond acceptors (Lipinski definition) is 6. The zero-order valence-electron chi connectivity index (χ0n) is 25.0. The first-order chi connectivity index (χ1) is 20.0. The van der Waals surface area contributed by atoms with Crippen molar-refractivity contribution < 1.29 is 32.2 Å². The lowest BCUT2D eigenvalue weighted by atomic mass is 9.69. The van der Waals surface area contributed by atoms with Crippen LogP contribution in [0.2, 0.25) is 0 Å². The van der Waals surface area contributed by atoms with Crippen molar-refractivity contribution in [1.29, 1.82) is 0 Å². The molecule has 4 aliphatic rings. The Balaban J connectivity index is 1.42. The fourth-order valence-corrected chi connectivity index (χ4v) is 11.6. The number of benzene rings is 1. The Morgan fingerprint density at radius 3 is 2.21 bits per heavy atom. The maximum absolute atomic E-state index is 14.6. The number of halogens is 1. The largest absolute Gasteiger partial charge is 0.460 e. The highest BCUT2D eigenvalue weighted by molar-refractivity contribution is 7.89. The van der Waals surface area contributed by atoms with Crippen LogP contribution >= 0.6 is 0 Å². The van der Waals surface area contributed by atoms with Gasteiger partial charge in [-0.15, -0.1) is 0 Å². The molecule has 5 rings (SSSR count). The minimum absolute atomic E-state index is 0.0167. The number of carbonyl (C=O) groups is 2. The molecule has 0 saturated heterocycles. The number of rotatable bonds is 11. The molecule has 0 radical (unpaired) electrons. The van der Waals surface area contributed by atoms with Crippen LogP contribution in [0, 0.1) is 22.6 Å². The van der Waals surface area contributed by atoms with Gasteiger partial charge in [-0.05, 0) is 62.3 Å². The van der Waals surface area contributed by atoms with Gasteiger partial charge in [0.2, 0.25) is 16.4 Å². The average Bonchev–Trinajstić information content (AvgIpc) is 3.32. The van der Waals surface area contributed by atoms with Crippen LogP contribution in [0.25, 0.3) is 0 Å². The van der Waals surface area contributed by atoms with Crippen LogP contribution in [-0.2, 0) is 24.3 Å². The lowest BCUT2D eigenvalue weighted by Gasteiger charge is -2.46. The number of carbonyl (C=O) groups excluding carboxylic acids is 2. The minimum atomic E-state index is -3.71. The predicted molar refractivity (Wildman–Crippen MR) is 157 cm³/mol. The summed E-state index contributed by atoms with van der Waals surface area (Å²) in [5.41, 5.74) is -1.33. The number of nitrogens with zero attached hydrogens (tertiary/aromatic N) is 1. The molecule has 234 valence electrons. The summed E-state index contributed by atoms with van der Waals surface area (Å²) in [5, 5.41) is 13.2. The maximum atomic E-state index is 14.6. The second-order valence-electron chi connectivity index (χ2n) is 13.7. The first-order valence-electron chi connectivity index (χ1n) is 15.9. The van der Waals surface area contributed by atoms with Crippen molar-refractivity contribution in [2.45, 2.75) is 128 Å². The van der Waals surface area contributed by atoms with Gasteiger partial charge in [0, 0.05) is 23.1 Å². The summed E-state index contributed by atoms with van der Waals surface area (Å²) in [6.45, 7) is 4.18. The maximum Gasteiger partial charge on any atom is 0.332 e. The first-order valence-corrected chi connectivity index (χ1v) is 17.5. The summed E-state index contributed by atoms with van der Waals surface area (Å²) in [5.74, 6) is -1.50. The van der Waals surface area contributed by atoms with E-state index in [1.54, 1.807) is 0 Å². The summed E-state index contributed by atoms with van der Waals surface area (Å²) >= 11 is 0. The van der Waals surface area contributed by atoms with Crippen molar-refractivity contribution in [2.24, 2.45) is 16.7 Å². The zero-order valence-corrected chi connectivity index (χ0v) is 25.8. The highest BCUT2D eigenvalue weighted by Gasteiger charge is 2.67. The second-order valence-corrected chi connectivity index (χ2v) is 15.5. The number of fused-ring (bicyclic) bond motifs is 2. The first kappa shape index (κ1) is 31.4. The van der Waals surface area contributed by atoms with E-state index in [9.17, 15) is 27.5 Å². The standard InChI is InChI=1S/C32H47FN2O6S/c1-31(2)22-17-18-32(31,20-42(39,40)35(23-11-5-3-6-12-23)24-13-7-4-8-14-24)27(19-22)41-30(38)28(34-21-36)29(37)25-15-9-10-16-26(25)33/h9-10,15-16,21-24,27-29,37H,3-8,11-14,17-20H2,1-2H3,(H,34,36)/t22-,27-,28+,29-,32-/m1/s1. The summed E-state index contributed by atoms with van der Waals surface area (Å²) in [6.07, 6.45) is 9.91. The molecule has 0 aliphatic heterocycles. The third-order valence-electron chi connectivity index (χ3n) is 11.3. The van der Waals surface area contributed by atoms with Crippen LogP contribution in [0.5, 0.6) is 0 Å². The third kappa shape index (κ3) is 5.75. The average molecular weight is 607 g/mol. The van der Waals surface area contributed by atoms with E-state index < -0.39 is 50.9 Å². The molecule has 1 aromatic carbocycles. The molecule has 2 N–H and O–H groups in total. The third-order valence-corrected chi connectivity index (χ3v) is 13.4. The monoisotopic (exact) mass is 606 g/mol. The molecule has 8 nitrogen and oxygen atoms in total. The molecule has 0 spiro atoms. The number of esters is 1. The lowest BCUT2D eigenvalue weighted by molar-refractivity contribution is -0.163. The summed E-state index contributed by atoms with van der Waals surface area (Å²) in [7, 11) is -3.71. The van der Waals surface area contributed by atoms with Crippen LogP contribution in [0.1, 0.15) is 109 Å². The quantitative estimate of drug-likeness (QED) is 0.271. The van der Waals surface area contributed by atoms with E-state index in [1.807, 2.05) is 4.31 Å². The fourth-order valence-electron chi connectivity index (χ4n) is 8.80. The van der Waals surface area contributed by atoms with Gasteiger partial charge in [0.05, 0.1) is 5.75 Å². The summed E-state index contributed by atoms with van der Waals surface area (Å²) in [4.78, 5) is 25.0. The normalized spacial score (nSPS) is 29.7. The molecule has 42 heavy (non-hydrogen) atoms. The Kier molecular flexibility index (Phi) is 9.36. The predicted octanol–water partition coefficient (Wildman–Crippen LogP) is 5.01. The van der Waals surface area contributed by atoms with Gasteiger partial charge in [-0.3, -0.25) is 4.79 Å². The molecular formula is C32H47FN2O6S. The molecule has 0 heterocycles. The zero-order chi connectivity index (χ0) is 30.1. The number of amides is 1. The van der Waals surface area contributed by atoms with Gasteiger partial charge in [0.1, 0.15) is 18.0 Å². The van der Waals surface area contributed by atoms with Crippen molar-refractivity contribution in [3.63, 3.8) is 0 Å². The van der Waals surface area contributed by atoms with Crippen molar-refractivity contribution in [3.8, 4) is 0 Å². The fraction of sp³-hybridized carbons (Fsp3) is 0.750. The van der Waals surface area contributed by atoms with E-state index in [0.29, 0.717) is 12.8 Å². The van der Waals surface area contributed by atoms with Crippen LogP contribution in [0.4, 0.5) is 4.39 Å². The van der Waals surface area contributed by atoms with E-state index in [4.69, 9.17) is 4.74 Å². The number of sulfonamides is 1. The number of aliphatic hydroxyl groups is 1. The Hall–Kier alpha value is -2.04. The van der Waals surface area contributed by atoms with Gasteiger partial charge < -0.3 is 15.2 Å². The minimum Gasteiger partial charge on any atom is -0.460 e. The molecule has 1 amide bonds. The summed E-state index contributed by atoms with van der Waals surface area (Å²) < 4.78 is 51.6. The molecule has 1 aromatic rings. The molecule has 4 fully saturated rings. The molecule has 4 aliphatic carbocycles.